The molecule has 0 aromatic rings. The molecule has 3 heterocycles. The van der Waals surface area contributed by atoms with E-state index in [9.17, 15) is 4.79 Å². The zero-order valence-corrected chi connectivity index (χ0v) is 22.8. The number of carbonyl (C=O) groups is 1. The Kier molecular flexibility index (Phi) is 7.78. The standard InChI is InChI=1S/C30H44N4O2/c1-19-15-25-26(16-20(19)2)34(4)30(32-25)27-17-22(13-14-33(27)3)23-10-11-24(23)28(35)8-6-7-21-9-12-29(36-5)31-18-21/h9,15-16,18,22,25-27,29-30,32H,6-8,10-14,17H2,1-5H3. The van der Waals surface area contributed by atoms with Crippen molar-refractivity contribution in [1.82, 2.24) is 15.1 Å². The molecule has 6 atom stereocenters. The number of nitrogens with zero attached hydrogens (tertiary/aromatic N) is 3. The van der Waals surface area contributed by atoms with Crippen LogP contribution in [0.5, 0.6) is 0 Å². The van der Waals surface area contributed by atoms with Gasteiger partial charge in [-0.3, -0.25) is 20.0 Å². The number of likely N-dealkylation sites (tertiary alicyclic amines) is 1. The topological polar surface area (TPSA) is 57.2 Å². The summed E-state index contributed by atoms with van der Waals surface area (Å²) in [6.07, 6.45) is 17.0. The number of aliphatic imine (C=N–C) groups is 1. The van der Waals surface area contributed by atoms with Crippen molar-refractivity contribution in [2.45, 2.75) is 95.7 Å². The van der Waals surface area contributed by atoms with Crippen molar-refractivity contribution < 1.29 is 9.53 Å². The first-order valence-corrected chi connectivity index (χ1v) is 13.9. The Labute approximate surface area is 217 Å². The first kappa shape index (κ1) is 25.8. The normalized spacial score (nSPS) is 35.2. The van der Waals surface area contributed by atoms with Crippen LogP contribution in [0.25, 0.3) is 0 Å². The van der Waals surface area contributed by atoms with Gasteiger partial charge in [-0.15, -0.1) is 0 Å². The van der Waals surface area contributed by atoms with E-state index < -0.39 is 0 Å². The number of piperidine rings is 1. The van der Waals surface area contributed by atoms with Crippen molar-refractivity contribution in [2.75, 3.05) is 27.7 Å². The summed E-state index contributed by atoms with van der Waals surface area (Å²) in [5.41, 5.74) is 6.66. The highest BCUT2D eigenvalue weighted by Crippen LogP contribution is 2.42. The van der Waals surface area contributed by atoms with Gasteiger partial charge in [-0.05, 0) is 90.1 Å². The first-order valence-electron chi connectivity index (χ1n) is 13.9. The maximum atomic E-state index is 13.1. The Morgan fingerprint density at radius 3 is 2.69 bits per heavy atom. The van der Waals surface area contributed by atoms with Crippen LogP contribution in [0, 0.1) is 5.92 Å². The van der Waals surface area contributed by atoms with Gasteiger partial charge in [-0.2, -0.15) is 0 Å². The average molecular weight is 493 g/mol. The number of hydrogen-bond donors (Lipinski definition) is 1. The lowest BCUT2D eigenvalue weighted by Crippen LogP contribution is -2.55. The molecule has 36 heavy (non-hydrogen) atoms. The SMILES string of the molecule is COC1CC=C(CCCC(=O)C2=C(C3CCN(C)C(C4NC5C=C(C)C(C)=CC5N4C)C3)CC2)C=N1. The van der Waals surface area contributed by atoms with E-state index in [1.165, 1.54) is 28.7 Å². The van der Waals surface area contributed by atoms with E-state index in [1.807, 2.05) is 6.21 Å². The number of hydrogen-bond acceptors (Lipinski definition) is 6. The van der Waals surface area contributed by atoms with E-state index in [-0.39, 0.29) is 6.23 Å². The molecule has 0 spiro atoms. The summed E-state index contributed by atoms with van der Waals surface area (Å²) >= 11 is 0. The van der Waals surface area contributed by atoms with Crippen LogP contribution in [0.3, 0.4) is 0 Å². The predicted molar refractivity (Wildman–Crippen MR) is 146 cm³/mol. The Bertz CT molecular complexity index is 1020. The van der Waals surface area contributed by atoms with Crippen LogP contribution in [-0.2, 0) is 9.53 Å². The first-order chi connectivity index (χ1) is 17.4. The van der Waals surface area contributed by atoms with Crippen LogP contribution >= 0.6 is 0 Å². The van der Waals surface area contributed by atoms with Crippen LogP contribution in [0.1, 0.15) is 65.2 Å². The second-order valence-electron chi connectivity index (χ2n) is 11.5. The molecule has 5 rings (SSSR count). The number of ketones is 1. The molecule has 3 aliphatic heterocycles. The van der Waals surface area contributed by atoms with Gasteiger partial charge in [-0.25, -0.2) is 0 Å². The fraction of sp³-hybridized carbons (Fsp3) is 0.667. The molecule has 2 saturated heterocycles. The van der Waals surface area contributed by atoms with E-state index in [1.54, 1.807) is 7.11 Å². The van der Waals surface area contributed by atoms with Crippen molar-refractivity contribution in [1.29, 1.82) is 0 Å². The summed E-state index contributed by atoms with van der Waals surface area (Å²) in [5.74, 6) is 0.934. The molecule has 2 fully saturated rings. The molecule has 0 amide bonds. The highest BCUT2D eigenvalue weighted by Gasteiger charge is 2.45. The molecule has 0 saturated carbocycles. The minimum atomic E-state index is -0.0409. The summed E-state index contributed by atoms with van der Waals surface area (Å²) in [4.78, 5) is 22.6. The highest BCUT2D eigenvalue weighted by atomic mass is 16.5. The monoisotopic (exact) mass is 492 g/mol. The molecule has 0 radical (unpaired) electrons. The predicted octanol–water partition coefficient (Wildman–Crippen LogP) is 4.40. The number of allylic oxidation sites excluding steroid dienone is 5. The third kappa shape index (κ3) is 5.10. The third-order valence-corrected chi connectivity index (χ3v) is 9.39. The van der Waals surface area contributed by atoms with Gasteiger partial charge in [0.05, 0.1) is 6.17 Å². The molecule has 2 aliphatic carbocycles. The molecule has 1 N–H and O–H groups in total. The van der Waals surface area contributed by atoms with Gasteiger partial charge in [0, 0.05) is 44.3 Å². The van der Waals surface area contributed by atoms with Crippen LogP contribution < -0.4 is 5.32 Å². The number of rotatable bonds is 8. The zero-order chi connectivity index (χ0) is 25.4. The molecular weight excluding hydrogens is 448 g/mol. The van der Waals surface area contributed by atoms with Gasteiger partial charge in [0.25, 0.3) is 0 Å². The molecule has 0 aromatic carbocycles. The lowest BCUT2D eigenvalue weighted by Gasteiger charge is -2.44. The molecule has 6 unspecified atom stereocenters. The average Bonchev–Trinajstić information content (AvgIpc) is 3.15. The van der Waals surface area contributed by atoms with Gasteiger partial charge in [0.15, 0.2) is 12.0 Å². The summed E-state index contributed by atoms with van der Waals surface area (Å²) in [7, 11) is 6.25. The van der Waals surface area contributed by atoms with Crippen LogP contribution in [0.15, 0.2) is 51.1 Å². The fourth-order valence-electron chi connectivity index (χ4n) is 6.83. The van der Waals surface area contributed by atoms with Crippen molar-refractivity contribution in [3.8, 4) is 0 Å². The minimum Gasteiger partial charge on any atom is -0.359 e. The van der Waals surface area contributed by atoms with Crippen LogP contribution in [0.4, 0.5) is 0 Å². The second kappa shape index (κ2) is 10.9. The maximum absolute atomic E-state index is 13.1. The van der Waals surface area contributed by atoms with Crippen molar-refractivity contribution in [3.05, 3.63) is 46.1 Å². The number of likely N-dealkylation sites (N-methyl/N-ethyl adjacent to an activating group) is 2. The Balaban J connectivity index is 1.19. The smallest absolute Gasteiger partial charge is 0.158 e. The molecular formula is C30H44N4O2. The van der Waals surface area contributed by atoms with E-state index >= 15 is 0 Å². The molecule has 5 aliphatic rings. The van der Waals surface area contributed by atoms with E-state index in [0.29, 0.717) is 42.4 Å². The van der Waals surface area contributed by atoms with E-state index in [0.717, 1.165) is 50.6 Å². The number of dihydropyridines is 1. The summed E-state index contributed by atoms with van der Waals surface area (Å²) < 4.78 is 5.27. The number of methoxy groups -OCH3 is 1. The van der Waals surface area contributed by atoms with Crippen molar-refractivity contribution >= 4 is 12.0 Å². The van der Waals surface area contributed by atoms with Crippen molar-refractivity contribution in [2.24, 2.45) is 10.9 Å². The lowest BCUT2D eigenvalue weighted by molar-refractivity contribution is -0.116. The van der Waals surface area contributed by atoms with E-state index in [4.69, 9.17) is 4.74 Å². The van der Waals surface area contributed by atoms with Crippen molar-refractivity contribution in [3.63, 3.8) is 0 Å². The van der Waals surface area contributed by atoms with Crippen LogP contribution in [-0.4, -0.2) is 80.1 Å². The number of ether oxygens (including phenoxy) is 1. The van der Waals surface area contributed by atoms with Gasteiger partial charge in [-0.1, -0.05) is 34.9 Å². The number of nitrogens with one attached hydrogen (secondary N) is 1. The molecule has 6 heteroatoms. The minimum absolute atomic E-state index is 0.0409. The quantitative estimate of drug-likeness (QED) is 0.544. The zero-order valence-electron chi connectivity index (χ0n) is 22.8. The largest absolute Gasteiger partial charge is 0.359 e. The Morgan fingerprint density at radius 1 is 1.19 bits per heavy atom. The summed E-state index contributed by atoms with van der Waals surface area (Å²) in [6, 6.07) is 1.28. The number of carbonyl (C=O) groups excluding carboxylic acids is 1. The van der Waals surface area contributed by atoms with Crippen LogP contribution in [0.2, 0.25) is 0 Å². The molecule has 6 nitrogen and oxygen atoms in total. The van der Waals surface area contributed by atoms with Gasteiger partial charge < -0.3 is 9.64 Å². The second-order valence-corrected chi connectivity index (χ2v) is 11.5. The number of fused-ring (bicyclic) bond motifs is 1. The maximum Gasteiger partial charge on any atom is 0.158 e. The Morgan fingerprint density at radius 2 is 2.00 bits per heavy atom. The lowest BCUT2D eigenvalue weighted by atomic mass is 9.72. The number of Topliss-reactive ketones (excluding diaryl/α,β-unsaturated/α-hetero) is 1. The van der Waals surface area contributed by atoms with E-state index in [2.05, 4.69) is 66.3 Å². The third-order valence-electron chi connectivity index (χ3n) is 9.39. The molecule has 0 bridgehead atoms. The Hall–Kier alpha value is -1.86. The van der Waals surface area contributed by atoms with Gasteiger partial charge in [0.1, 0.15) is 0 Å². The van der Waals surface area contributed by atoms with Gasteiger partial charge in [0.2, 0.25) is 0 Å². The summed E-state index contributed by atoms with van der Waals surface area (Å²) in [5, 5.41) is 3.95. The van der Waals surface area contributed by atoms with Gasteiger partial charge >= 0.3 is 0 Å². The molecule has 0 aromatic heterocycles. The highest BCUT2D eigenvalue weighted by molar-refractivity contribution is 5.97. The molecule has 196 valence electrons. The fourth-order valence-corrected chi connectivity index (χ4v) is 6.83. The summed E-state index contributed by atoms with van der Waals surface area (Å²) in [6.45, 7) is 5.54.